The van der Waals surface area contributed by atoms with E-state index in [0.717, 1.165) is 0 Å². The Morgan fingerprint density at radius 2 is 1.33 bits per heavy atom. The van der Waals surface area contributed by atoms with Crippen LogP contribution < -0.4 is 0 Å². The minimum absolute atomic E-state index is 0. The van der Waals surface area contributed by atoms with Crippen LogP contribution in [0.25, 0.3) is 0 Å². The van der Waals surface area contributed by atoms with E-state index in [4.69, 9.17) is 14.1 Å². The van der Waals surface area contributed by atoms with Gasteiger partial charge in [-0.1, -0.05) is 0 Å². The zero-order valence-electron chi connectivity index (χ0n) is 2.84. The van der Waals surface area contributed by atoms with Crippen molar-refractivity contribution in [1.29, 1.82) is 0 Å². The smallest absolute Gasteiger partial charge is 0.511 e. The molecule has 0 aromatic carbocycles. The first-order valence-corrected chi connectivity index (χ1v) is 1.95. The molecule has 0 saturated heterocycles. The van der Waals surface area contributed by atoms with Crippen molar-refractivity contribution in [2.24, 2.45) is 0 Å². The summed E-state index contributed by atoms with van der Waals surface area (Å²) in [6, 6.07) is 0. The third kappa shape index (κ3) is 119. The standard InChI is InChI=1S/Co.H2O3Si.Zn/c;1-4(2)3;/h;1-2H;. The summed E-state index contributed by atoms with van der Waals surface area (Å²) in [5.41, 5.74) is 0. The van der Waals surface area contributed by atoms with Gasteiger partial charge in [0, 0.05) is 36.3 Å². The van der Waals surface area contributed by atoms with Crippen LogP contribution in [0.2, 0.25) is 0 Å². The normalized spacial score (nSPS) is 4.00. The van der Waals surface area contributed by atoms with Crippen LogP contribution in [0.3, 0.4) is 0 Å². The second-order valence-electron chi connectivity index (χ2n) is 0.283. The SMILES string of the molecule is O=[Si](O)O.[Co].[Zn]. The van der Waals surface area contributed by atoms with Gasteiger partial charge in [0.1, 0.15) is 0 Å². The van der Waals surface area contributed by atoms with Crippen molar-refractivity contribution in [3.8, 4) is 0 Å². The molecule has 6 heavy (non-hydrogen) atoms. The summed E-state index contributed by atoms with van der Waals surface area (Å²) in [5, 5.41) is 0. The maximum atomic E-state index is 8.74. The number of hydrogen-bond acceptors (Lipinski definition) is 1. The Kier molecular flexibility index (Phi) is 24.4. The van der Waals surface area contributed by atoms with Gasteiger partial charge < -0.3 is 9.59 Å². The van der Waals surface area contributed by atoms with Crippen molar-refractivity contribution >= 4 is 9.17 Å². The predicted molar refractivity (Wildman–Crippen MR) is 10.9 cm³/mol. The summed E-state index contributed by atoms with van der Waals surface area (Å²) in [6.45, 7) is 0. The topological polar surface area (TPSA) is 57.5 Å². The fourth-order valence-electron chi connectivity index (χ4n) is 0. The molecule has 0 aliphatic carbocycles. The van der Waals surface area contributed by atoms with E-state index in [-0.39, 0.29) is 36.3 Å². The monoisotopic (exact) mass is 201 g/mol. The molecule has 0 fully saturated rings. The molecule has 0 unspecified atom stereocenters. The van der Waals surface area contributed by atoms with E-state index >= 15 is 0 Å². The molecule has 0 atom stereocenters. The van der Waals surface area contributed by atoms with Crippen LogP contribution in [-0.2, 0) is 40.7 Å². The predicted octanol–water partition coefficient (Wildman–Crippen LogP) is -1.62. The van der Waals surface area contributed by atoms with Gasteiger partial charge in [0.2, 0.25) is 0 Å². The van der Waals surface area contributed by atoms with E-state index in [1.54, 1.807) is 0 Å². The molecule has 0 amide bonds. The Bertz CT molecular complexity index is 33.8. The molecule has 0 heterocycles. The Balaban J connectivity index is -0.0000000450. The molecule has 1 radical (unpaired) electrons. The molecule has 3 nitrogen and oxygen atoms in total. The first kappa shape index (κ1) is 15.9. The van der Waals surface area contributed by atoms with Crippen LogP contribution in [0.15, 0.2) is 0 Å². The minimum atomic E-state index is -3.13. The number of hydrogen-bond donors (Lipinski definition) is 2. The second-order valence-corrected chi connectivity index (χ2v) is 0.848. The van der Waals surface area contributed by atoms with E-state index in [2.05, 4.69) is 0 Å². The summed E-state index contributed by atoms with van der Waals surface area (Å²) in [5.74, 6) is 0. The van der Waals surface area contributed by atoms with Crippen molar-refractivity contribution < 1.29 is 50.3 Å². The molecule has 0 rings (SSSR count). The van der Waals surface area contributed by atoms with Gasteiger partial charge in [0.15, 0.2) is 0 Å². The maximum Gasteiger partial charge on any atom is 0.761 e. The molecular weight excluding hydrogens is 200 g/mol. The van der Waals surface area contributed by atoms with Crippen LogP contribution >= 0.6 is 0 Å². The molecule has 6 heteroatoms. The maximum absolute atomic E-state index is 8.74. The average Bonchev–Trinajstić information content (AvgIpc) is 0.811. The Hall–Kier alpha value is 0.747. The summed E-state index contributed by atoms with van der Waals surface area (Å²) < 4.78 is 8.74. The third-order valence-electron chi connectivity index (χ3n) is 0. The van der Waals surface area contributed by atoms with Crippen molar-refractivity contribution in [2.45, 2.75) is 0 Å². The van der Waals surface area contributed by atoms with Crippen LogP contribution in [0.5, 0.6) is 0 Å². The first-order valence-electron chi connectivity index (χ1n) is 0.651. The van der Waals surface area contributed by atoms with Gasteiger partial charge in [0.25, 0.3) is 0 Å². The van der Waals surface area contributed by atoms with Crippen LogP contribution in [0.4, 0.5) is 0 Å². The van der Waals surface area contributed by atoms with Crippen molar-refractivity contribution in [2.75, 3.05) is 0 Å². The van der Waals surface area contributed by atoms with Gasteiger partial charge in [-0.3, -0.25) is 4.46 Å². The van der Waals surface area contributed by atoms with Gasteiger partial charge in [-0.25, -0.2) is 0 Å². The fourth-order valence-corrected chi connectivity index (χ4v) is 0. The molecule has 0 saturated carbocycles. The van der Waals surface area contributed by atoms with Crippen LogP contribution in [0, 0.1) is 0 Å². The third-order valence-corrected chi connectivity index (χ3v) is 0. The van der Waals surface area contributed by atoms with Crippen LogP contribution in [-0.4, -0.2) is 18.8 Å². The molecule has 35 valence electrons. The molecule has 0 bridgehead atoms. The van der Waals surface area contributed by atoms with Crippen molar-refractivity contribution in [3.63, 3.8) is 0 Å². The van der Waals surface area contributed by atoms with Gasteiger partial charge >= 0.3 is 9.17 Å². The minimum Gasteiger partial charge on any atom is -0.511 e. The molecule has 0 aromatic heterocycles. The Morgan fingerprint density at radius 1 is 1.33 bits per heavy atom. The molecular formula is H2CoO3SiZn. The van der Waals surface area contributed by atoms with E-state index in [1.165, 1.54) is 0 Å². The van der Waals surface area contributed by atoms with E-state index in [9.17, 15) is 0 Å². The average molecular weight is 202 g/mol. The molecule has 0 aliphatic rings. The fraction of sp³-hybridized carbons (Fsp3) is 0. The van der Waals surface area contributed by atoms with Gasteiger partial charge in [0.05, 0.1) is 0 Å². The van der Waals surface area contributed by atoms with Gasteiger partial charge in [-0.05, 0) is 0 Å². The van der Waals surface area contributed by atoms with Gasteiger partial charge in [-0.15, -0.1) is 0 Å². The summed E-state index contributed by atoms with van der Waals surface area (Å²) in [4.78, 5) is 14.3. The molecule has 2 N–H and O–H groups in total. The zero-order valence-corrected chi connectivity index (χ0v) is 7.85. The van der Waals surface area contributed by atoms with E-state index < -0.39 is 9.17 Å². The Labute approximate surface area is 59.6 Å². The molecule has 0 aromatic rings. The number of rotatable bonds is 0. The van der Waals surface area contributed by atoms with Crippen LogP contribution in [0.1, 0.15) is 0 Å². The molecule has 0 spiro atoms. The summed E-state index contributed by atoms with van der Waals surface area (Å²) >= 11 is 0. The second kappa shape index (κ2) is 9.22. The van der Waals surface area contributed by atoms with E-state index in [0.29, 0.717) is 0 Å². The molecule has 0 aliphatic heterocycles. The Morgan fingerprint density at radius 3 is 1.33 bits per heavy atom. The van der Waals surface area contributed by atoms with Crippen molar-refractivity contribution in [3.05, 3.63) is 0 Å². The van der Waals surface area contributed by atoms with Gasteiger partial charge in [-0.2, -0.15) is 0 Å². The van der Waals surface area contributed by atoms with E-state index in [1.807, 2.05) is 0 Å². The first-order chi connectivity index (χ1) is 1.73. The summed E-state index contributed by atoms with van der Waals surface area (Å²) in [6.07, 6.45) is 0. The largest absolute Gasteiger partial charge is 0.761 e. The summed E-state index contributed by atoms with van der Waals surface area (Å²) in [7, 11) is -3.13. The quantitative estimate of drug-likeness (QED) is 0.464. The van der Waals surface area contributed by atoms with Crippen molar-refractivity contribution in [1.82, 2.24) is 0 Å². The zero-order chi connectivity index (χ0) is 3.58.